The lowest BCUT2D eigenvalue weighted by Crippen LogP contribution is -2.33. The van der Waals surface area contributed by atoms with Crippen LogP contribution in [-0.2, 0) is 13.0 Å². The van der Waals surface area contributed by atoms with Crippen LogP contribution >= 0.6 is 0 Å². The van der Waals surface area contributed by atoms with Crippen LogP contribution in [0.15, 0.2) is 54.9 Å². The molecule has 0 bridgehead atoms. The van der Waals surface area contributed by atoms with Gasteiger partial charge in [-0.1, -0.05) is 30.3 Å². The van der Waals surface area contributed by atoms with Gasteiger partial charge < -0.3 is 0 Å². The van der Waals surface area contributed by atoms with Crippen LogP contribution in [0.25, 0.3) is 0 Å². The van der Waals surface area contributed by atoms with Crippen LogP contribution < -0.4 is 0 Å². The second-order valence-electron chi connectivity index (χ2n) is 7.17. The second-order valence-corrected chi connectivity index (χ2v) is 7.17. The normalized spacial score (nSPS) is 15.5. The number of aromatic amines is 1. The molecule has 0 radical (unpaired) electrons. The highest BCUT2D eigenvalue weighted by Crippen LogP contribution is 2.30. The van der Waals surface area contributed by atoms with Gasteiger partial charge in [0.1, 0.15) is 6.07 Å². The topological polar surface area (TPSA) is 68.6 Å². The van der Waals surface area contributed by atoms with Crippen LogP contribution in [0, 0.1) is 11.3 Å². The molecule has 1 N–H and O–H groups in total. The van der Waals surface area contributed by atoms with E-state index in [0.717, 1.165) is 44.6 Å². The van der Waals surface area contributed by atoms with Crippen molar-refractivity contribution in [2.75, 3.05) is 13.1 Å². The molecule has 1 aliphatic rings. The number of hydrogen-bond acceptors (Lipinski definition) is 4. The minimum Gasteiger partial charge on any atom is -0.297 e. The Kier molecular flexibility index (Phi) is 5.27. The van der Waals surface area contributed by atoms with Crippen molar-refractivity contribution in [2.45, 2.75) is 31.7 Å². The lowest BCUT2D eigenvalue weighted by atomic mass is 9.89. The maximum Gasteiger partial charge on any atom is 0.101 e. The Bertz CT molecular complexity index is 900. The molecule has 1 aliphatic heterocycles. The minimum atomic E-state index is 0.538. The molecule has 0 spiro atoms. The Morgan fingerprint density at radius 1 is 1.07 bits per heavy atom. The van der Waals surface area contributed by atoms with Crippen molar-refractivity contribution >= 4 is 0 Å². The molecule has 5 nitrogen and oxygen atoms in total. The van der Waals surface area contributed by atoms with Crippen molar-refractivity contribution in [3.8, 4) is 6.07 Å². The first-order chi connectivity index (χ1) is 13.3. The van der Waals surface area contributed by atoms with Gasteiger partial charge in [-0.2, -0.15) is 10.4 Å². The van der Waals surface area contributed by atoms with E-state index in [9.17, 15) is 0 Å². The number of pyridine rings is 1. The van der Waals surface area contributed by atoms with E-state index in [-0.39, 0.29) is 0 Å². The van der Waals surface area contributed by atoms with Gasteiger partial charge in [0.25, 0.3) is 0 Å². The zero-order valence-corrected chi connectivity index (χ0v) is 15.3. The van der Waals surface area contributed by atoms with Crippen molar-refractivity contribution in [1.82, 2.24) is 20.1 Å². The Labute approximate surface area is 159 Å². The van der Waals surface area contributed by atoms with Crippen molar-refractivity contribution in [3.63, 3.8) is 0 Å². The third kappa shape index (κ3) is 4.24. The van der Waals surface area contributed by atoms with Gasteiger partial charge in [0.05, 0.1) is 17.5 Å². The minimum absolute atomic E-state index is 0.538. The fourth-order valence-electron chi connectivity index (χ4n) is 3.82. The summed E-state index contributed by atoms with van der Waals surface area (Å²) in [5, 5.41) is 16.5. The summed E-state index contributed by atoms with van der Waals surface area (Å²) in [5.74, 6) is 0.538. The third-order valence-corrected chi connectivity index (χ3v) is 5.32. The smallest absolute Gasteiger partial charge is 0.101 e. The van der Waals surface area contributed by atoms with E-state index < -0.39 is 0 Å². The van der Waals surface area contributed by atoms with E-state index in [1.165, 1.54) is 16.8 Å². The Morgan fingerprint density at radius 3 is 2.59 bits per heavy atom. The molecule has 0 saturated carbocycles. The molecular formula is C22H23N5. The lowest BCUT2D eigenvalue weighted by Gasteiger charge is -2.31. The predicted octanol–water partition coefficient (Wildman–Crippen LogP) is 3.65. The Hall–Kier alpha value is -2.97. The average molecular weight is 357 g/mol. The predicted molar refractivity (Wildman–Crippen MR) is 104 cm³/mol. The third-order valence-electron chi connectivity index (χ3n) is 5.32. The van der Waals surface area contributed by atoms with E-state index >= 15 is 0 Å². The van der Waals surface area contributed by atoms with Crippen molar-refractivity contribution < 1.29 is 0 Å². The molecule has 136 valence electrons. The van der Waals surface area contributed by atoms with Crippen molar-refractivity contribution in [1.29, 1.82) is 5.26 Å². The summed E-state index contributed by atoms with van der Waals surface area (Å²) in [6, 6.07) is 16.5. The maximum atomic E-state index is 8.88. The highest BCUT2D eigenvalue weighted by molar-refractivity contribution is 5.29. The number of likely N-dealkylation sites (tertiary alicyclic amines) is 1. The van der Waals surface area contributed by atoms with E-state index in [4.69, 9.17) is 5.26 Å². The highest BCUT2D eigenvalue weighted by atomic mass is 15.1. The van der Waals surface area contributed by atoms with Crippen molar-refractivity contribution in [3.05, 3.63) is 82.9 Å². The van der Waals surface area contributed by atoms with Crippen LogP contribution in [0.2, 0.25) is 0 Å². The zero-order chi connectivity index (χ0) is 18.5. The van der Waals surface area contributed by atoms with Crippen LogP contribution in [-0.4, -0.2) is 33.2 Å². The lowest BCUT2D eigenvalue weighted by molar-refractivity contribution is 0.201. The first-order valence-electron chi connectivity index (χ1n) is 9.45. The molecule has 5 heteroatoms. The molecule has 0 aliphatic carbocycles. The van der Waals surface area contributed by atoms with Gasteiger partial charge in [0.2, 0.25) is 0 Å². The fraction of sp³-hybridized carbons (Fsp3) is 0.318. The molecule has 1 aromatic carbocycles. The van der Waals surface area contributed by atoms with Gasteiger partial charge in [0, 0.05) is 30.8 Å². The molecule has 4 rings (SSSR count). The first-order valence-corrected chi connectivity index (χ1v) is 9.45. The molecule has 0 unspecified atom stereocenters. The molecular weight excluding hydrogens is 334 g/mol. The first kappa shape index (κ1) is 17.4. The summed E-state index contributed by atoms with van der Waals surface area (Å²) in [6.07, 6.45) is 6.82. The number of piperidine rings is 1. The number of H-pyrrole nitrogens is 1. The summed E-state index contributed by atoms with van der Waals surface area (Å²) < 4.78 is 0. The van der Waals surface area contributed by atoms with Gasteiger partial charge in [-0.15, -0.1) is 0 Å². The van der Waals surface area contributed by atoms with E-state index in [1.54, 1.807) is 6.20 Å². The van der Waals surface area contributed by atoms with E-state index in [0.29, 0.717) is 11.5 Å². The number of aromatic nitrogens is 3. The van der Waals surface area contributed by atoms with Crippen LogP contribution in [0.5, 0.6) is 0 Å². The Morgan fingerprint density at radius 2 is 1.89 bits per heavy atom. The number of hydrogen-bond donors (Lipinski definition) is 1. The number of benzene rings is 1. The van der Waals surface area contributed by atoms with E-state index in [2.05, 4.69) is 56.5 Å². The van der Waals surface area contributed by atoms with Crippen LogP contribution in [0.1, 0.15) is 46.8 Å². The molecule has 3 aromatic rings. The van der Waals surface area contributed by atoms with Gasteiger partial charge in [-0.25, -0.2) is 0 Å². The van der Waals surface area contributed by atoms with Gasteiger partial charge in [0.15, 0.2) is 0 Å². The van der Waals surface area contributed by atoms with Gasteiger partial charge >= 0.3 is 0 Å². The Balaban J connectivity index is 1.35. The van der Waals surface area contributed by atoms with Crippen molar-refractivity contribution in [2.24, 2.45) is 0 Å². The highest BCUT2D eigenvalue weighted by Gasteiger charge is 2.24. The standard InChI is InChI=1S/C22H23N5/c23-13-18-6-7-21(24-14-18)16-27-10-8-19(9-11-27)22-20(15-25-26-22)12-17-4-2-1-3-5-17/h1-7,14-15,19H,8-12,16H2,(H,25,26). The van der Waals surface area contributed by atoms with Crippen LogP contribution in [0.4, 0.5) is 0 Å². The number of nitrogens with zero attached hydrogens (tertiary/aromatic N) is 4. The number of nitriles is 1. The molecule has 0 amide bonds. The molecule has 27 heavy (non-hydrogen) atoms. The average Bonchev–Trinajstić information content (AvgIpc) is 3.18. The van der Waals surface area contributed by atoms with Gasteiger partial charge in [-0.05, 0) is 49.2 Å². The zero-order valence-electron chi connectivity index (χ0n) is 15.3. The summed E-state index contributed by atoms with van der Waals surface area (Å²) in [4.78, 5) is 6.84. The molecule has 2 aromatic heterocycles. The van der Waals surface area contributed by atoms with Gasteiger partial charge in [-0.3, -0.25) is 15.0 Å². The summed E-state index contributed by atoms with van der Waals surface area (Å²) >= 11 is 0. The largest absolute Gasteiger partial charge is 0.297 e. The molecule has 1 fully saturated rings. The summed E-state index contributed by atoms with van der Waals surface area (Å²) in [6.45, 7) is 2.95. The quantitative estimate of drug-likeness (QED) is 0.757. The number of rotatable bonds is 5. The second kappa shape index (κ2) is 8.15. The van der Waals surface area contributed by atoms with E-state index in [1.807, 2.05) is 18.3 Å². The summed E-state index contributed by atoms with van der Waals surface area (Å²) in [7, 11) is 0. The monoisotopic (exact) mass is 357 g/mol. The molecule has 3 heterocycles. The fourth-order valence-corrected chi connectivity index (χ4v) is 3.82. The maximum absolute atomic E-state index is 8.88. The van der Waals surface area contributed by atoms with Crippen LogP contribution in [0.3, 0.4) is 0 Å². The molecule has 1 saturated heterocycles. The molecule has 0 atom stereocenters. The number of nitrogens with one attached hydrogen (secondary N) is 1. The summed E-state index contributed by atoms with van der Waals surface area (Å²) in [5.41, 5.74) is 5.58. The SMILES string of the molecule is N#Cc1ccc(CN2CCC(c3[nH]ncc3Cc3ccccc3)CC2)nc1.